The molecule has 0 spiro atoms. The van der Waals surface area contributed by atoms with Gasteiger partial charge in [-0.3, -0.25) is 0 Å². The van der Waals surface area contributed by atoms with Crippen LogP contribution in [0.1, 0.15) is 44.9 Å². The minimum absolute atomic E-state index is 0.156. The van der Waals surface area contributed by atoms with Crippen LogP contribution >= 0.6 is 15.9 Å². The van der Waals surface area contributed by atoms with Gasteiger partial charge in [0.1, 0.15) is 11.6 Å². The number of rotatable bonds is 6. The molecule has 1 heterocycles. The van der Waals surface area contributed by atoms with Crippen molar-refractivity contribution in [3.63, 3.8) is 0 Å². The summed E-state index contributed by atoms with van der Waals surface area (Å²) in [6.45, 7) is 5.20. The van der Waals surface area contributed by atoms with Crippen molar-refractivity contribution in [2.45, 2.75) is 39.2 Å². The Labute approximate surface area is 121 Å². The fourth-order valence-electron chi connectivity index (χ4n) is 2.20. The van der Waals surface area contributed by atoms with Crippen LogP contribution in [0.25, 0.3) is 11.0 Å². The number of fused-ring (bicyclic) bond motifs is 1. The molecule has 0 saturated carbocycles. The molecule has 0 aliphatic rings. The van der Waals surface area contributed by atoms with Crippen LogP contribution < -0.4 is 5.32 Å². The van der Waals surface area contributed by atoms with Crippen LogP contribution in [0.3, 0.4) is 0 Å². The Balaban J connectivity index is 2.37. The maximum atomic E-state index is 13.8. The summed E-state index contributed by atoms with van der Waals surface area (Å²) in [7, 11) is 0. The van der Waals surface area contributed by atoms with Gasteiger partial charge < -0.3 is 9.73 Å². The van der Waals surface area contributed by atoms with E-state index in [1.54, 1.807) is 6.07 Å². The van der Waals surface area contributed by atoms with Crippen molar-refractivity contribution in [1.82, 2.24) is 5.32 Å². The van der Waals surface area contributed by atoms with Gasteiger partial charge in [0.05, 0.1) is 15.9 Å². The molecule has 0 aliphatic carbocycles. The van der Waals surface area contributed by atoms with E-state index in [0.29, 0.717) is 11.0 Å². The molecular formula is C15H19BrFNO. The molecule has 19 heavy (non-hydrogen) atoms. The van der Waals surface area contributed by atoms with Crippen LogP contribution in [-0.2, 0) is 0 Å². The van der Waals surface area contributed by atoms with E-state index in [9.17, 15) is 4.39 Å². The second-order valence-electron chi connectivity index (χ2n) is 4.72. The third-order valence-corrected chi connectivity index (χ3v) is 3.79. The third kappa shape index (κ3) is 3.18. The van der Waals surface area contributed by atoms with Crippen molar-refractivity contribution in [1.29, 1.82) is 0 Å². The van der Waals surface area contributed by atoms with E-state index in [1.165, 1.54) is 6.07 Å². The maximum Gasteiger partial charge on any atom is 0.151 e. The fraction of sp³-hybridized carbons (Fsp3) is 0.467. The Morgan fingerprint density at radius 3 is 2.74 bits per heavy atom. The number of halogens is 2. The first-order valence-electron chi connectivity index (χ1n) is 6.78. The Kier molecular flexibility index (Phi) is 4.99. The minimum atomic E-state index is -0.237. The Bertz CT molecular complexity index is 513. The van der Waals surface area contributed by atoms with Gasteiger partial charge in [0.25, 0.3) is 0 Å². The van der Waals surface area contributed by atoms with Crippen molar-refractivity contribution < 1.29 is 8.81 Å². The van der Waals surface area contributed by atoms with Crippen LogP contribution in [0.4, 0.5) is 4.39 Å². The summed E-state index contributed by atoms with van der Waals surface area (Å²) in [5, 5.41) is 4.00. The lowest BCUT2D eigenvalue weighted by atomic mass is 10.1. The van der Waals surface area contributed by atoms with E-state index < -0.39 is 0 Å². The van der Waals surface area contributed by atoms with E-state index >= 15 is 0 Å². The molecule has 0 amide bonds. The number of hydrogen-bond donors (Lipinski definition) is 1. The van der Waals surface area contributed by atoms with Gasteiger partial charge >= 0.3 is 0 Å². The summed E-state index contributed by atoms with van der Waals surface area (Å²) in [5.74, 6) is 0.579. The lowest BCUT2D eigenvalue weighted by Gasteiger charge is -2.14. The monoisotopic (exact) mass is 327 g/mol. The highest BCUT2D eigenvalue weighted by Crippen LogP contribution is 2.32. The molecule has 1 N–H and O–H groups in total. The van der Waals surface area contributed by atoms with Crippen LogP contribution in [0.5, 0.6) is 0 Å². The SMILES string of the molecule is CCCNC(CCC)c1cc2c(F)ccc(Br)c2o1. The molecule has 0 bridgehead atoms. The van der Waals surface area contributed by atoms with Crippen LogP contribution in [0, 0.1) is 5.82 Å². The van der Waals surface area contributed by atoms with Gasteiger partial charge in [0.15, 0.2) is 5.58 Å². The van der Waals surface area contributed by atoms with E-state index in [1.807, 2.05) is 6.07 Å². The summed E-state index contributed by atoms with van der Waals surface area (Å²) in [6.07, 6.45) is 3.11. The van der Waals surface area contributed by atoms with E-state index in [4.69, 9.17) is 4.42 Å². The summed E-state index contributed by atoms with van der Waals surface area (Å²) >= 11 is 3.40. The average molecular weight is 328 g/mol. The summed E-state index contributed by atoms with van der Waals surface area (Å²) in [4.78, 5) is 0. The van der Waals surface area contributed by atoms with Crippen LogP contribution in [-0.4, -0.2) is 6.54 Å². The van der Waals surface area contributed by atoms with Gasteiger partial charge in [-0.25, -0.2) is 4.39 Å². The van der Waals surface area contributed by atoms with Crippen molar-refractivity contribution >= 4 is 26.9 Å². The van der Waals surface area contributed by atoms with E-state index in [2.05, 4.69) is 35.1 Å². The minimum Gasteiger partial charge on any atom is -0.458 e. The largest absolute Gasteiger partial charge is 0.458 e. The van der Waals surface area contributed by atoms with Crippen molar-refractivity contribution in [2.75, 3.05) is 6.54 Å². The molecule has 1 aromatic heterocycles. The van der Waals surface area contributed by atoms with Gasteiger partial charge in [-0.15, -0.1) is 0 Å². The predicted octanol–water partition coefficient (Wildman–Crippen LogP) is 5.18. The number of nitrogens with one attached hydrogen (secondary N) is 1. The molecule has 2 aromatic rings. The number of hydrogen-bond acceptors (Lipinski definition) is 2. The number of benzene rings is 1. The molecule has 1 unspecified atom stereocenters. The Morgan fingerprint density at radius 1 is 1.32 bits per heavy atom. The van der Waals surface area contributed by atoms with Crippen LogP contribution in [0.15, 0.2) is 27.1 Å². The molecule has 0 aliphatic heterocycles. The topological polar surface area (TPSA) is 25.2 Å². The molecule has 1 atom stereocenters. The highest BCUT2D eigenvalue weighted by atomic mass is 79.9. The zero-order valence-electron chi connectivity index (χ0n) is 11.3. The molecule has 0 fully saturated rings. The van der Waals surface area contributed by atoms with Gasteiger partial charge in [-0.1, -0.05) is 20.3 Å². The quantitative estimate of drug-likeness (QED) is 0.791. The lowest BCUT2D eigenvalue weighted by Crippen LogP contribution is -2.21. The van der Waals surface area contributed by atoms with Gasteiger partial charge in [0, 0.05) is 0 Å². The maximum absolute atomic E-state index is 13.8. The van der Waals surface area contributed by atoms with E-state index in [-0.39, 0.29) is 11.9 Å². The molecule has 1 aromatic carbocycles. The first-order chi connectivity index (χ1) is 9.17. The predicted molar refractivity (Wildman–Crippen MR) is 79.8 cm³/mol. The highest BCUT2D eigenvalue weighted by Gasteiger charge is 2.17. The van der Waals surface area contributed by atoms with Gasteiger partial charge in [-0.05, 0) is 53.5 Å². The van der Waals surface area contributed by atoms with Crippen molar-refractivity contribution in [3.8, 4) is 0 Å². The fourth-order valence-corrected chi connectivity index (χ4v) is 2.63. The second-order valence-corrected chi connectivity index (χ2v) is 5.57. The van der Waals surface area contributed by atoms with Gasteiger partial charge in [-0.2, -0.15) is 0 Å². The Morgan fingerprint density at radius 2 is 2.11 bits per heavy atom. The molecule has 2 rings (SSSR count). The molecule has 4 heteroatoms. The molecule has 0 saturated heterocycles. The standard InChI is InChI=1S/C15H19BrFNO/c1-3-5-13(18-8-4-2)14-9-10-12(17)7-6-11(16)15(10)19-14/h6-7,9,13,18H,3-5,8H2,1-2H3. The molecule has 104 valence electrons. The third-order valence-electron chi connectivity index (χ3n) is 3.16. The first-order valence-corrected chi connectivity index (χ1v) is 7.57. The van der Waals surface area contributed by atoms with E-state index in [0.717, 1.165) is 36.0 Å². The normalized spacial score (nSPS) is 13.1. The summed E-state index contributed by atoms with van der Waals surface area (Å²) in [6, 6.07) is 5.11. The molecular weight excluding hydrogens is 309 g/mol. The second kappa shape index (κ2) is 6.53. The lowest BCUT2D eigenvalue weighted by molar-refractivity contribution is 0.407. The molecule has 0 radical (unpaired) electrons. The summed E-state index contributed by atoms with van der Waals surface area (Å²) < 4.78 is 20.4. The van der Waals surface area contributed by atoms with Crippen molar-refractivity contribution in [2.24, 2.45) is 0 Å². The smallest absolute Gasteiger partial charge is 0.151 e. The highest BCUT2D eigenvalue weighted by molar-refractivity contribution is 9.10. The first kappa shape index (κ1) is 14.5. The summed E-state index contributed by atoms with van der Waals surface area (Å²) in [5.41, 5.74) is 0.592. The van der Waals surface area contributed by atoms with Crippen molar-refractivity contribution in [3.05, 3.63) is 34.2 Å². The van der Waals surface area contributed by atoms with Gasteiger partial charge in [0.2, 0.25) is 0 Å². The molecule has 2 nitrogen and oxygen atoms in total. The Hall–Kier alpha value is -0.870. The zero-order chi connectivity index (χ0) is 13.8. The average Bonchev–Trinajstić information content (AvgIpc) is 2.85. The van der Waals surface area contributed by atoms with Crippen LogP contribution in [0.2, 0.25) is 0 Å². The number of furan rings is 1. The zero-order valence-corrected chi connectivity index (χ0v) is 12.9.